The second-order valence-corrected chi connectivity index (χ2v) is 8.40. The number of rotatable bonds is 9. The van der Waals surface area contributed by atoms with E-state index in [1.807, 2.05) is 6.07 Å². The normalized spacial score (nSPS) is 19.5. The first kappa shape index (κ1) is 20.9. The van der Waals surface area contributed by atoms with E-state index in [9.17, 15) is 4.39 Å². The minimum atomic E-state index is -0.262. The quantitative estimate of drug-likeness (QED) is 0.429. The van der Waals surface area contributed by atoms with Crippen molar-refractivity contribution in [2.75, 3.05) is 0 Å². The molecular weight excluding hydrogens is 347 g/mol. The van der Waals surface area contributed by atoms with E-state index >= 15 is 0 Å². The molecule has 1 fully saturated rings. The van der Waals surface area contributed by atoms with Gasteiger partial charge in [-0.3, -0.25) is 0 Å². The third-order valence-corrected chi connectivity index (χ3v) is 6.19. The molecule has 28 heavy (non-hydrogen) atoms. The van der Waals surface area contributed by atoms with Crippen molar-refractivity contribution in [2.45, 2.75) is 84.2 Å². The van der Waals surface area contributed by atoms with E-state index in [0.29, 0.717) is 18.3 Å². The maximum atomic E-state index is 14.2. The lowest BCUT2D eigenvalue weighted by atomic mass is 9.77. The number of benzene rings is 2. The van der Waals surface area contributed by atoms with Gasteiger partial charge >= 0.3 is 0 Å². The number of hydrogen-bond donors (Lipinski definition) is 0. The Hall–Kier alpha value is -1.83. The van der Waals surface area contributed by atoms with Gasteiger partial charge in [0.05, 0.1) is 0 Å². The van der Waals surface area contributed by atoms with Crippen LogP contribution in [0.5, 0.6) is 5.75 Å². The Balaban J connectivity index is 1.50. The number of halogens is 1. The molecule has 1 nitrogen and oxygen atoms in total. The summed E-state index contributed by atoms with van der Waals surface area (Å²) in [5.74, 6) is 1.73. The smallest absolute Gasteiger partial charge is 0.165 e. The van der Waals surface area contributed by atoms with E-state index in [2.05, 4.69) is 38.1 Å². The molecule has 2 heteroatoms. The van der Waals surface area contributed by atoms with Crippen LogP contribution in [0.3, 0.4) is 0 Å². The van der Waals surface area contributed by atoms with Crippen LogP contribution >= 0.6 is 0 Å². The van der Waals surface area contributed by atoms with Crippen molar-refractivity contribution < 1.29 is 9.13 Å². The van der Waals surface area contributed by atoms with Crippen LogP contribution < -0.4 is 4.74 Å². The lowest BCUT2D eigenvalue weighted by molar-refractivity contribution is 0.289. The molecule has 0 heterocycles. The molecule has 1 aliphatic carbocycles. The summed E-state index contributed by atoms with van der Waals surface area (Å²) in [6, 6.07) is 14.1. The van der Waals surface area contributed by atoms with Crippen molar-refractivity contribution in [2.24, 2.45) is 5.92 Å². The second kappa shape index (κ2) is 10.6. The zero-order valence-corrected chi connectivity index (χ0v) is 17.6. The Bertz CT molecular complexity index is 714. The third kappa shape index (κ3) is 5.83. The van der Waals surface area contributed by atoms with E-state index in [-0.39, 0.29) is 5.82 Å². The largest absolute Gasteiger partial charge is 0.486 e. The zero-order valence-electron chi connectivity index (χ0n) is 17.6. The van der Waals surface area contributed by atoms with Crippen LogP contribution in [0.1, 0.15) is 87.8 Å². The molecule has 0 aliphatic heterocycles. The average molecular weight is 383 g/mol. The molecule has 0 aromatic heterocycles. The molecule has 0 bridgehead atoms. The number of hydrogen-bond acceptors (Lipinski definition) is 1. The average Bonchev–Trinajstić information content (AvgIpc) is 2.73. The predicted octanol–water partition coefficient (Wildman–Crippen LogP) is 7.82. The third-order valence-electron chi connectivity index (χ3n) is 6.19. The van der Waals surface area contributed by atoms with Gasteiger partial charge in [0, 0.05) is 0 Å². The summed E-state index contributed by atoms with van der Waals surface area (Å²) in [7, 11) is 0. The van der Waals surface area contributed by atoms with Gasteiger partial charge in [-0.2, -0.15) is 0 Å². The van der Waals surface area contributed by atoms with Crippen molar-refractivity contribution in [1.82, 2.24) is 0 Å². The van der Waals surface area contributed by atoms with E-state index in [0.717, 1.165) is 29.9 Å². The molecule has 3 rings (SSSR count). The lowest BCUT2D eigenvalue weighted by Gasteiger charge is -2.29. The molecule has 2 aromatic carbocycles. The molecule has 152 valence electrons. The highest BCUT2D eigenvalue weighted by Gasteiger charge is 2.21. The molecule has 0 atom stereocenters. The number of aryl methyl sites for hydroxylation is 1. The monoisotopic (exact) mass is 382 g/mol. The summed E-state index contributed by atoms with van der Waals surface area (Å²) in [5.41, 5.74) is 3.58. The van der Waals surface area contributed by atoms with Gasteiger partial charge in [-0.15, -0.1) is 0 Å². The maximum absolute atomic E-state index is 14.2. The summed E-state index contributed by atoms with van der Waals surface area (Å²) in [6.45, 7) is 4.80. The van der Waals surface area contributed by atoms with Crippen molar-refractivity contribution >= 4 is 0 Å². The Kier molecular flexibility index (Phi) is 7.94. The van der Waals surface area contributed by atoms with Gasteiger partial charge in [0.1, 0.15) is 6.61 Å². The summed E-state index contributed by atoms with van der Waals surface area (Å²) >= 11 is 0. The second-order valence-electron chi connectivity index (χ2n) is 8.40. The minimum Gasteiger partial charge on any atom is -0.486 e. The molecule has 0 N–H and O–H groups in total. The van der Waals surface area contributed by atoms with E-state index in [1.165, 1.54) is 50.5 Å². The fraction of sp³-hybridized carbons (Fsp3) is 0.538. The molecule has 0 unspecified atom stereocenters. The van der Waals surface area contributed by atoms with Gasteiger partial charge in [0.25, 0.3) is 0 Å². The summed E-state index contributed by atoms with van der Waals surface area (Å²) in [5, 5.41) is 0. The topological polar surface area (TPSA) is 9.23 Å². The van der Waals surface area contributed by atoms with Crippen LogP contribution in [-0.4, -0.2) is 0 Å². The van der Waals surface area contributed by atoms with E-state index < -0.39 is 0 Å². The molecular formula is C26H35FO. The zero-order chi connectivity index (χ0) is 19.8. The van der Waals surface area contributed by atoms with Gasteiger partial charge in [-0.25, -0.2) is 4.39 Å². The van der Waals surface area contributed by atoms with Gasteiger partial charge < -0.3 is 4.74 Å². The maximum Gasteiger partial charge on any atom is 0.165 e. The van der Waals surface area contributed by atoms with Crippen molar-refractivity contribution in [3.63, 3.8) is 0 Å². The first-order chi connectivity index (χ1) is 13.7. The van der Waals surface area contributed by atoms with Crippen LogP contribution in [0.15, 0.2) is 42.5 Å². The highest BCUT2D eigenvalue weighted by Crippen LogP contribution is 2.37. The highest BCUT2D eigenvalue weighted by atomic mass is 19.1. The fourth-order valence-corrected chi connectivity index (χ4v) is 4.43. The van der Waals surface area contributed by atoms with Crippen LogP contribution in [0.2, 0.25) is 0 Å². The molecule has 0 saturated heterocycles. The molecule has 0 amide bonds. The van der Waals surface area contributed by atoms with Gasteiger partial charge in [-0.1, -0.05) is 69.9 Å². The van der Waals surface area contributed by atoms with Gasteiger partial charge in [-0.05, 0) is 72.8 Å². The van der Waals surface area contributed by atoms with E-state index in [4.69, 9.17) is 4.74 Å². The molecule has 0 spiro atoms. The lowest BCUT2D eigenvalue weighted by Crippen LogP contribution is -2.13. The molecule has 1 saturated carbocycles. The van der Waals surface area contributed by atoms with Gasteiger partial charge in [0.15, 0.2) is 11.6 Å². The number of ether oxygens (including phenoxy) is 1. The first-order valence-corrected chi connectivity index (χ1v) is 11.2. The Labute approximate surface area is 170 Å². The van der Waals surface area contributed by atoms with Gasteiger partial charge in [0.2, 0.25) is 0 Å². The van der Waals surface area contributed by atoms with Crippen molar-refractivity contribution in [3.05, 3.63) is 65.0 Å². The predicted molar refractivity (Wildman–Crippen MR) is 115 cm³/mol. The Morgan fingerprint density at radius 3 is 2.25 bits per heavy atom. The van der Waals surface area contributed by atoms with Crippen LogP contribution in [0.4, 0.5) is 4.39 Å². The van der Waals surface area contributed by atoms with Crippen LogP contribution in [-0.2, 0) is 13.0 Å². The Morgan fingerprint density at radius 2 is 1.61 bits per heavy atom. The summed E-state index contributed by atoms with van der Waals surface area (Å²) in [4.78, 5) is 0. The fourth-order valence-electron chi connectivity index (χ4n) is 4.43. The standard InChI is InChI=1S/C26H35FO/c1-3-5-7-20-8-13-23(14-9-20)24-15-10-22(11-16-24)19-28-26-17-12-21(6-4-2)18-25(26)27/h10-12,15-18,20,23H,3-9,13-14,19H2,1-2H3/t20-,23-. The summed E-state index contributed by atoms with van der Waals surface area (Å²) < 4.78 is 19.9. The van der Waals surface area contributed by atoms with Crippen LogP contribution in [0, 0.1) is 11.7 Å². The molecule has 0 radical (unpaired) electrons. The number of unbranched alkanes of at least 4 members (excludes halogenated alkanes) is 1. The first-order valence-electron chi connectivity index (χ1n) is 11.2. The highest BCUT2D eigenvalue weighted by molar-refractivity contribution is 5.30. The molecule has 1 aliphatic rings. The Morgan fingerprint density at radius 1 is 0.893 bits per heavy atom. The minimum absolute atomic E-state index is 0.262. The van der Waals surface area contributed by atoms with E-state index in [1.54, 1.807) is 12.1 Å². The summed E-state index contributed by atoms with van der Waals surface area (Å²) in [6.07, 6.45) is 11.4. The SMILES string of the molecule is CCCC[C@H]1CC[C@H](c2ccc(COc3ccc(CCC)cc3F)cc2)CC1. The van der Waals surface area contributed by atoms with Crippen LogP contribution in [0.25, 0.3) is 0 Å². The van der Waals surface area contributed by atoms with Crippen molar-refractivity contribution in [1.29, 1.82) is 0 Å². The van der Waals surface area contributed by atoms with Crippen molar-refractivity contribution in [3.8, 4) is 5.75 Å². The molecule has 2 aromatic rings.